The molecule has 0 unspecified atom stereocenters. The number of aliphatic hydroxyl groups is 1. The molecule has 0 aromatic carbocycles. The second-order valence-corrected chi connectivity index (χ2v) is 9.91. The fraction of sp³-hybridized carbons (Fsp3) is 0.793. The fourth-order valence-electron chi connectivity index (χ4n) is 2.94. The van der Waals surface area contributed by atoms with Gasteiger partial charge in [-0.1, -0.05) is 116 Å². The summed E-state index contributed by atoms with van der Waals surface area (Å²) < 4.78 is 5.08. The predicted octanol–water partition coefficient (Wildman–Crippen LogP) is 7.34. The third-order valence-electron chi connectivity index (χ3n) is 5.16. The molecule has 6 heteroatoms. The maximum Gasteiger partial charge on any atom is 0.333 e. The number of aliphatic carboxylic acids is 1. The van der Waals surface area contributed by atoms with E-state index in [0.717, 1.165) is 12.5 Å². The molecule has 0 spiro atoms. The summed E-state index contributed by atoms with van der Waals surface area (Å²) in [6.45, 7) is 14.6. The van der Waals surface area contributed by atoms with Crippen molar-refractivity contribution < 1.29 is 24.5 Å². The number of carbonyl (C=O) groups is 2. The minimum atomic E-state index is -0.981. The Bertz CT molecular complexity index is 512. The summed E-state index contributed by atoms with van der Waals surface area (Å²) in [6, 6.07) is 0. The zero-order valence-corrected chi connectivity index (χ0v) is 23.4. The Morgan fingerprint density at radius 2 is 1.11 bits per heavy atom. The van der Waals surface area contributed by atoms with Crippen LogP contribution in [0.1, 0.15) is 130 Å². The smallest absolute Gasteiger partial charge is 0.333 e. The van der Waals surface area contributed by atoms with Gasteiger partial charge >= 0.3 is 11.9 Å². The lowest BCUT2D eigenvalue weighted by molar-refractivity contribution is -0.139. The van der Waals surface area contributed by atoms with Gasteiger partial charge in [-0.25, -0.2) is 9.59 Å². The molecule has 0 atom stereocenters. The van der Waals surface area contributed by atoms with E-state index < -0.39 is 11.5 Å². The number of hydrogen-bond acceptors (Lipinski definition) is 5. The highest BCUT2D eigenvalue weighted by Gasteiger charge is 2.05. The van der Waals surface area contributed by atoms with E-state index in [1.807, 2.05) is 0 Å². The van der Waals surface area contributed by atoms with Crippen molar-refractivity contribution in [3.63, 3.8) is 0 Å². The van der Waals surface area contributed by atoms with Gasteiger partial charge in [-0.3, -0.25) is 0 Å². The highest BCUT2D eigenvalue weighted by molar-refractivity contribution is 5.86. The quantitative estimate of drug-likeness (QED) is 0.0918. The van der Waals surface area contributed by atoms with Crippen molar-refractivity contribution in [2.24, 2.45) is 5.73 Å². The second kappa shape index (κ2) is 28.6. The molecule has 6 nitrogen and oxygen atoms in total. The number of carboxylic acid groups (broad SMARTS) is 1. The number of rotatable bonds is 20. The van der Waals surface area contributed by atoms with Crippen molar-refractivity contribution >= 4 is 11.9 Å². The maximum absolute atomic E-state index is 11.2. The molecule has 208 valence electrons. The standard InChI is InChI=1S/C22H42O2.C4H11NO.C3H4O2/c1-4-5-6-7-8-9-10-11-12-13-14-15-16-17-18-19-20-24-22(23)21(2)3;1-4(2,5)3-6;1-2-3(4)5/h2,4-20H2,1,3H3;6H,3,5H2,1-2H3;2H,1H2,(H,4,5). The predicted molar refractivity (Wildman–Crippen MR) is 149 cm³/mol. The van der Waals surface area contributed by atoms with Gasteiger partial charge in [0, 0.05) is 17.2 Å². The van der Waals surface area contributed by atoms with E-state index in [1.54, 1.807) is 20.8 Å². The number of aliphatic hydroxyl groups excluding tert-OH is 1. The average molecular weight is 500 g/mol. The molecular formula is C29H57NO5. The zero-order chi connectivity index (χ0) is 27.4. The topological polar surface area (TPSA) is 110 Å². The Hall–Kier alpha value is -1.66. The van der Waals surface area contributed by atoms with Gasteiger partial charge < -0.3 is 20.7 Å². The normalized spacial score (nSPS) is 10.3. The summed E-state index contributed by atoms with van der Waals surface area (Å²) in [4.78, 5) is 20.4. The lowest BCUT2D eigenvalue weighted by Gasteiger charge is -2.12. The minimum absolute atomic E-state index is 0.0486. The Kier molecular flexibility index (Phi) is 30.9. The number of ether oxygens (including phenoxy) is 1. The molecule has 0 saturated carbocycles. The van der Waals surface area contributed by atoms with Gasteiger partial charge in [0.15, 0.2) is 0 Å². The molecule has 0 bridgehead atoms. The summed E-state index contributed by atoms with van der Waals surface area (Å²) in [5, 5.41) is 15.9. The van der Waals surface area contributed by atoms with Gasteiger partial charge in [-0.15, -0.1) is 0 Å². The van der Waals surface area contributed by atoms with Crippen LogP contribution in [0.3, 0.4) is 0 Å². The van der Waals surface area contributed by atoms with Gasteiger partial charge in [-0.2, -0.15) is 0 Å². The molecule has 0 rings (SSSR count). The van der Waals surface area contributed by atoms with Crippen molar-refractivity contribution in [2.45, 2.75) is 136 Å². The molecule has 0 heterocycles. The van der Waals surface area contributed by atoms with Crippen LogP contribution in [-0.4, -0.2) is 40.9 Å². The van der Waals surface area contributed by atoms with Gasteiger partial charge in [0.2, 0.25) is 0 Å². The molecule has 0 fully saturated rings. The van der Waals surface area contributed by atoms with Crippen LogP contribution in [0.4, 0.5) is 0 Å². The van der Waals surface area contributed by atoms with Crippen LogP contribution < -0.4 is 5.73 Å². The Morgan fingerprint density at radius 3 is 1.34 bits per heavy atom. The third-order valence-corrected chi connectivity index (χ3v) is 5.16. The first-order valence-corrected chi connectivity index (χ1v) is 13.6. The number of hydrogen-bond donors (Lipinski definition) is 3. The lowest BCUT2D eigenvalue weighted by Crippen LogP contribution is -2.35. The minimum Gasteiger partial charge on any atom is -0.478 e. The average Bonchev–Trinajstić information content (AvgIpc) is 2.81. The summed E-state index contributed by atoms with van der Waals surface area (Å²) in [5.41, 5.74) is 5.37. The lowest BCUT2D eigenvalue weighted by atomic mass is 10.0. The largest absolute Gasteiger partial charge is 0.478 e. The van der Waals surface area contributed by atoms with Crippen LogP contribution in [0.5, 0.6) is 0 Å². The van der Waals surface area contributed by atoms with Gasteiger partial charge in [0.1, 0.15) is 0 Å². The Balaban J connectivity index is -0.000000767. The van der Waals surface area contributed by atoms with Gasteiger partial charge in [0.05, 0.1) is 13.2 Å². The van der Waals surface area contributed by atoms with Crippen LogP contribution in [0.15, 0.2) is 24.8 Å². The number of unbranched alkanes of at least 4 members (excludes halogenated alkanes) is 15. The summed E-state index contributed by atoms with van der Waals surface area (Å²) in [5.74, 6) is -1.24. The summed E-state index contributed by atoms with van der Waals surface area (Å²) in [6.07, 6.45) is 22.6. The number of carboxylic acids is 1. The molecule has 0 saturated heterocycles. The first-order chi connectivity index (χ1) is 16.5. The van der Waals surface area contributed by atoms with Crippen molar-refractivity contribution in [1.29, 1.82) is 0 Å². The molecule has 35 heavy (non-hydrogen) atoms. The van der Waals surface area contributed by atoms with Crippen molar-refractivity contribution in [1.82, 2.24) is 0 Å². The molecule has 0 amide bonds. The Morgan fingerprint density at radius 1 is 0.829 bits per heavy atom. The summed E-state index contributed by atoms with van der Waals surface area (Å²) >= 11 is 0. The molecule has 0 aliphatic carbocycles. The van der Waals surface area contributed by atoms with E-state index >= 15 is 0 Å². The molecule has 4 N–H and O–H groups in total. The summed E-state index contributed by atoms with van der Waals surface area (Å²) in [7, 11) is 0. The van der Waals surface area contributed by atoms with Crippen LogP contribution in [-0.2, 0) is 14.3 Å². The number of nitrogens with two attached hydrogens (primary N) is 1. The van der Waals surface area contributed by atoms with Crippen LogP contribution in [0, 0.1) is 0 Å². The van der Waals surface area contributed by atoms with E-state index in [4.69, 9.17) is 20.7 Å². The number of carbonyl (C=O) groups excluding carboxylic acids is 1. The fourth-order valence-corrected chi connectivity index (χ4v) is 2.94. The van der Waals surface area contributed by atoms with E-state index in [-0.39, 0.29) is 12.6 Å². The molecule has 0 aliphatic rings. The molecule has 0 aliphatic heterocycles. The van der Waals surface area contributed by atoms with E-state index in [1.165, 1.54) is 96.3 Å². The van der Waals surface area contributed by atoms with Gasteiger partial charge in [0.25, 0.3) is 0 Å². The number of esters is 1. The molecule has 0 radical (unpaired) electrons. The first-order valence-electron chi connectivity index (χ1n) is 13.6. The first kappa shape index (κ1) is 37.9. The van der Waals surface area contributed by atoms with Crippen molar-refractivity contribution in [3.05, 3.63) is 24.8 Å². The highest BCUT2D eigenvalue weighted by atomic mass is 16.5. The molecule has 0 aromatic heterocycles. The van der Waals surface area contributed by atoms with E-state index in [0.29, 0.717) is 12.2 Å². The zero-order valence-electron chi connectivity index (χ0n) is 23.4. The van der Waals surface area contributed by atoms with Gasteiger partial charge in [-0.05, 0) is 27.2 Å². The molecular weight excluding hydrogens is 442 g/mol. The molecule has 0 aromatic rings. The van der Waals surface area contributed by atoms with Crippen molar-refractivity contribution in [2.75, 3.05) is 13.2 Å². The second-order valence-electron chi connectivity index (χ2n) is 9.91. The van der Waals surface area contributed by atoms with Crippen LogP contribution in [0.25, 0.3) is 0 Å². The highest BCUT2D eigenvalue weighted by Crippen LogP contribution is 2.13. The Labute approximate surface area is 216 Å². The SMILES string of the molecule is C=C(C)C(=O)OCCCCCCCCCCCCCCCCCC.C=CC(=O)O.CC(C)(N)CO. The van der Waals surface area contributed by atoms with E-state index in [2.05, 4.69) is 20.1 Å². The van der Waals surface area contributed by atoms with E-state index in [9.17, 15) is 9.59 Å². The van der Waals surface area contributed by atoms with Crippen molar-refractivity contribution in [3.8, 4) is 0 Å². The third kappa shape index (κ3) is 42.9. The van der Waals surface area contributed by atoms with Crippen LogP contribution in [0.2, 0.25) is 0 Å². The monoisotopic (exact) mass is 499 g/mol. The maximum atomic E-state index is 11.2. The van der Waals surface area contributed by atoms with Crippen LogP contribution >= 0.6 is 0 Å².